The Labute approximate surface area is 162 Å². The number of nitrogens with one attached hydrogen (secondary N) is 1. The Kier molecular flexibility index (Phi) is 4.69. The van der Waals surface area contributed by atoms with Gasteiger partial charge in [-0.15, -0.1) is 11.3 Å². The molecule has 27 heavy (non-hydrogen) atoms. The molecule has 4 aromatic rings. The second-order valence-corrected chi connectivity index (χ2v) is 7.22. The van der Waals surface area contributed by atoms with E-state index in [1.165, 1.54) is 10.4 Å². The summed E-state index contributed by atoms with van der Waals surface area (Å²) >= 11 is 1.73. The number of benzene rings is 2. The van der Waals surface area contributed by atoms with Crippen molar-refractivity contribution in [3.05, 3.63) is 65.7 Å². The van der Waals surface area contributed by atoms with Crippen LogP contribution in [0.15, 0.2) is 60.1 Å². The fraction of sp³-hybridized carbons (Fsp3) is 0.136. The number of methoxy groups -OCH3 is 2. The van der Waals surface area contributed by atoms with Gasteiger partial charge in [0.25, 0.3) is 0 Å². The van der Waals surface area contributed by atoms with Gasteiger partial charge in [-0.3, -0.25) is 4.98 Å². The SMILES string of the molecule is COc1cc(Nc2ccnc3ccc(OC)cc23)cc(-c2cc(C)cs2)c1. The van der Waals surface area contributed by atoms with Crippen molar-refractivity contribution in [3.8, 4) is 21.9 Å². The van der Waals surface area contributed by atoms with Gasteiger partial charge in [0.15, 0.2) is 0 Å². The first kappa shape index (κ1) is 17.4. The Morgan fingerprint density at radius 1 is 0.926 bits per heavy atom. The van der Waals surface area contributed by atoms with Crippen LogP contribution in [0.4, 0.5) is 11.4 Å². The van der Waals surface area contributed by atoms with Gasteiger partial charge in [-0.05, 0) is 65.9 Å². The number of rotatable bonds is 5. The quantitative estimate of drug-likeness (QED) is 0.462. The number of thiophene rings is 1. The van der Waals surface area contributed by atoms with Gasteiger partial charge in [-0.1, -0.05) is 0 Å². The molecule has 0 atom stereocenters. The number of anilines is 2. The molecule has 0 aliphatic rings. The molecule has 0 unspecified atom stereocenters. The van der Waals surface area contributed by atoms with Crippen molar-refractivity contribution in [2.75, 3.05) is 19.5 Å². The van der Waals surface area contributed by atoms with Crippen molar-refractivity contribution < 1.29 is 9.47 Å². The zero-order valence-electron chi connectivity index (χ0n) is 15.4. The van der Waals surface area contributed by atoms with Gasteiger partial charge in [0.2, 0.25) is 0 Å². The van der Waals surface area contributed by atoms with Gasteiger partial charge in [-0.2, -0.15) is 0 Å². The van der Waals surface area contributed by atoms with Crippen LogP contribution in [0.25, 0.3) is 21.3 Å². The van der Waals surface area contributed by atoms with E-state index in [-0.39, 0.29) is 0 Å². The number of hydrogen-bond donors (Lipinski definition) is 1. The molecule has 0 radical (unpaired) electrons. The van der Waals surface area contributed by atoms with Gasteiger partial charge in [0.1, 0.15) is 11.5 Å². The second kappa shape index (κ2) is 7.29. The maximum absolute atomic E-state index is 5.52. The molecule has 0 saturated carbocycles. The Balaban J connectivity index is 1.77. The van der Waals surface area contributed by atoms with E-state index >= 15 is 0 Å². The van der Waals surface area contributed by atoms with E-state index in [4.69, 9.17) is 9.47 Å². The molecule has 2 aromatic heterocycles. The molecule has 0 fully saturated rings. The van der Waals surface area contributed by atoms with Crippen LogP contribution in [0.5, 0.6) is 11.5 Å². The minimum absolute atomic E-state index is 0.805. The highest BCUT2D eigenvalue weighted by atomic mass is 32.1. The molecule has 4 nitrogen and oxygen atoms in total. The van der Waals surface area contributed by atoms with Crippen molar-refractivity contribution in [1.29, 1.82) is 0 Å². The molecular weight excluding hydrogens is 356 g/mol. The summed E-state index contributed by atoms with van der Waals surface area (Å²) in [7, 11) is 3.36. The number of nitrogens with zero attached hydrogens (tertiary/aromatic N) is 1. The summed E-state index contributed by atoms with van der Waals surface area (Å²) < 4.78 is 10.9. The number of fused-ring (bicyclic) bond motifs is 1. The minimum Gasteiger partial charge on any atom is -0.497 e. The monoisotopic (exact) mass is 376 g/mol. The largest absolute Gasteiger partial charge is 0.497 e. The van der Waals surface area contributed by atoms with Gasteiger partial charge < -0.3 is 14.8 Å². The maximum atomic E-state index is 5.52. The van der Waals surface area contributed by atoms with Crippen LogP contribution in [0, 0.1) is 6.92 Å². The lowest BCUT2D eigenvalue weighted by Gasteiger charge is -2.13. The van der Waals surface area contributed by atoms with Crippen molar-refractivity contribution >= 4 is 33.6 Å². The van der Waals surface area contributed by atoms with Crippen LogP contribution in [0.3, 0.4) is 0 Å². The number of ether oxygens (including phenoxy) is 2. The molecule has 5 heteroatoms. The van der Waals surface area contributed by atoms with E-state index < -0.39 is 0 Å². The summed E-state index contributed by atoms with van der Waals surface area (Å²) in [5, 5.41) is 6.68. The van der Waals surface area contributed by atoms with Crippen LogP contribution in [0.1, 0.15) is 5.56 Å². The molecule has 1 N–H and O–H groups in total. The number of hydrogen-bond acceptors (Lipinski definition) is 5. The molecule has 0 bridgehead atoms. The molecule has 2 aromatic carbocycles. The molecule has 136 valence electrons. The fourth-order valence-corrected chi connectivity index (χ4v) is 3.92. The highest BCUT2D eigenvalue weighted by Gasteiger charge is 2.09. The molecule has 0 saturated heterocycles. The summed E-state index contributed by atoms with van der Waals surface area (Å²) in [4.78, 5) is 5.66. The lowest BCUT2D eigenvalue weighted by atomic mass is 10.1. The van der Waals surface area contributed by atoms with Crippen LogP contribution in [0.2, 0.25) is 0 Å². The van der Waals surface area contributed by atoms with E-state index in [2.05, 4.69) is 40.8 Å². The molecule has 0 aliphatic heterocycles. The first-order valence-corrected chi connectivity index (χ1v) is 9.48. The van der Waals surface area contributed by atoms with Gasteiger partial charge in [-0.25, -0.2) is 0 Å². The zero-order chi connectivity index (χ0) is 18.8. The molecule has 0 aliphatic carbocycles. The molecule has 2 heterocycles. The maximum Gasteiger partial charge on any atom is 0.121 e. The summed E-state index contributed by atoms with van der Waals surface area (Å²) in [5.74, 6) is 1.62. The van der Waals surface area contributed by atoms with E-state index in [0.717, 1.165) is 39.3 Å². The van der Waals surface area contributed by atoms with E-state index in [0.29, 0.717) is 0 Å². The predicted molar refractivity (Wildman–Crippen MR) is 113 cm³/mol. The van der Waals surface area contributed by atoms with Crippen LogP contribution < -0.4 is 14.8 Å². The first-order chi connectivity index (χ1) is 13.2. The van der Waals surface area contributed by atoms with Gasteiger partial charge in [0.05, 0.1) is 19.7 Å². The van der Waals surface area contributed by atoms with E-state index in [9.17, 15) is 0 Å². The summed E-state index contributed by atoms with van der Waals surface area (Å²) in [5.41, 5.74) is 5.24. The normalized spacial score (nSPS) is 10.8. The Bertz CT molecular complexity index is 1100. The van der Waals surface area contributed by atoms with Crippen LogP contribution >= 0.6 is 11.3 Å². The second-order valence-electron chi connectivity index (χ2n) is 6.31. The lowest BCUT2D eigenvalue weighted by molar-refractivity contribution is 0.415. The van der Waals surface area contributed by atoms with Gasteiger partial charge in [0, 0.05) is 33.9 Å². The fourth-order valence-electron chi connectivity index (χ4n) is 3.03. The third-order valence-electron chi connectivity index (χ3n) is 4.39. The van der Waals surface area contributed by atoms with Gasteiger partial charge >= 0.3 is 0 Å². The first-order valence-electron chi connectivity index (χ1n) is 8.60. The molecule has 4 rings (SSSR count). The predicted octanol–water partition coefficient (Wildman–Crippen LogP) is 6.03. The molecular formula is C22H20N2O2S. The zero-order valence-corrected chi connectivity index (χ0v) is 16.3. The third-order valence-corrected chi connectivity index (χ3v) is 5.48. The smallest absolute Gasteiger partial charge is 0.121 e. The van der Waals surface area contributed by atoms with Crippen LogP contribution in [-0.2, 0) is 0 Å². The molecule has 0 spiro atoms. The standard InChI is InChI=1S/C22H20N2O2S/c1-14-8-22(27-13-14)15-9-16(11-18(10-15)26-3)24-21-6-7-23-20-5-4-17(25-2)12-19(20)21/h4-13H,1-3H3,(H,23,24). The van der Waals surface area contributed by atoms with Crippen molar-refractivity contribution in [2.45, 2.75) is 6.92 Å². The minimum atomic E-state index is 0.805. The van der Waals surface area contributed by atoms with Crippen molar-refractivity contribution in [1.82, 2.24) is 4.98 Å². The average molecular weight is 376 g/mol. The highest BCUT2D eigenvalue weighted by Crippen LogP contribution is 2.35. The Morgan fingerprint density at radius 3 is 2.52 bits per heavy atom. The lowest BCUT2D eigenvalue weighted by Crippen LogP contribution is -1.95. The topological polar surface area (TPSA) is 43.4 Å². The van der Waals surface area contributed by atoms with E-state index in [1.807, 2.05) is 30.3 Å². The van der Waals surface area contributed by atoms with Crippen molar-refractivity contribution in [3.63, 3.8) is 0 Å². The van der Waals surface area contributed by atoms with Crippen molar-refractivity contribution in [2.24, 2.45) is 0 Å². The highest BCUT2D eigenvalue weighted by molar-refractivity contribution is 7.13. The van der Waals surface area contributed by atoms with Crippen LogP contribution in [-0.4, -0.2) is 19.2 Å². The summed E-state index contributed by atoms with van der Waals surface area (Å²) in [6, 6.07) is 16.2. The van der Waals surface area contributed by atoms with E-state index in [1.54, 1.807) is 31.8 Å². The summed E-state index contributed by atoms with van der Waals surface area (Å²) in [6.07, 6.45) is 1.81. The number of aryl methyl sites for hydroxylation is 1. The number of aromatic nitrogens is 1. The Morgan fingerprint density at radius 2 is 1.78 bits per heavy atom. The summed E-state index contributed by atoms with van der Waals surface area (Å²) in [6.45, 7) is 2.11. The molecule has 0 amide bonds. The number of pyridine rings is 1. The Hall–Kier alpha value is -3.05. The average Bonchev–Trinajstić information content (AvgIpc) is 3.14. The third kappa shape index (κ3) is 3.59.